The highest BCUT2D eigenvalue weighted by molar-refractivity contribution is 5.75. The summed E-state index contributed by atoms with van der Waals surface area (Å²) in [5.74, 6) is -0.972. The van der Waals surface area contributed by atoms with Crippen LogP contribution in [0.15, 0.2) is 23.5 Å². The Labute approximate surface area is 80.6 Å². The van der Waals surface area contributed by atoms with Crippen LogP contribution >= 0.6 is 0 Å². The van der Waals surface area contributed by atoms with Crippen molar-refractivity contribution in [3.63, 3.8) is 0 Å². The lowest BCUT2D eigenvalue weighted by Crippen LogP contribution is -2.34. The molecule has 2 unspecified atom stereocenters. The Morgan fingerprint density at radius 3 is 3.07 bits per heavy atom. The van der Waals surface area contributed by atoms with Crippen molar-refractivity contribution in [2.75, 3.05) is 6.61 Å². The van der Waals surface area contributed by atoms with E-state index in [9.17, 15) is 4.79 Å². The Morgan fingerprint density at radius 1 is 1.64 bits per heavy atom. The molecule has 0 saturated heterocycles. The van der Waals surface area contributed by atoms with Gasteiger partial charge in [0, 0.05) is 5.57 Å². The van der Waals surface area contributed by atoms with Gasteiger partial charge in [-0.1, -0.05) is 6.08 Å². The SMILES string of the molecule is O=C(O)C1COC2=C1C(NO)CC=C2. The average Bonchev–Trinajstić information content (AvgIpc) is 2.60. The molecule has 0 bridgehead atoms. The number of carboxylic acids is 1. The molecular weight excluding hydrogens is 186 g/mol. The molecule has 14 heavy (non-hydrogen) atoms. The predicted molar refractivity (Wildman–Crippen MR) is 46.6 cm³/mol. The van der Waals surface area contributed by atoms with Crippen LogP contribution in [0.2, 0.25) is 0 Å². The Morgan fingerprint density at radius 2 is 2.43 bits per heavy atom. The lowest BCUT2D eigenvalue weighted by molar-refractivity contribution is -0.141. The number of carboxylic acid groups (broad SMARTS) is 1. The minimum absolute atomic E-state index is 0.155. The molecule has 0 saturated carbocycles. The summed E-state index contributed by atoms with van der Waals surface area (Å²) in [7, 11) is 0. The van der Waals surface area contributed by atoms with Crippen LogP contribution in [0.3, 0.4) is 0 Å². The summed E-state index contributed by atoms with van der Waals surface area (Å²) in [4.78, 5) is 10.9. The largest absolute Gasteiger partial charge is 0.492 e. The summed E-state index contributed by atoms with van der Waals surface area (Å²) < 4.78 is 5.22. The van der Waals surface area contributed by atoms with E-state index in [1.165, 1.54) is 0 Å². The van der Waals surface area contributed by atoms with Gasteiger partial charge in [0.05, 0.1) is 6.04 Å². The zero-order chi connectivity index (χ0) is 10.1. The third-order valence-electron chi connectivity index (χ3n) is 2.54. The highest BCUT2D eigenvalue weighted by atomic mass is 16.5. The summed E-state index contributed by atoms with van der Waals surface area (Å²) in [6, 6.07) is -0.335. The van der Waals surface area contributed by atoms with E-state index in [4.69, 9.17) is 15.1 Å². The van der Waals surface area contributed by atoms with Crippen LogP contribution in [-0.2, 0) is 9.53 Å². The summed E-state index contributed by atoms with van der Waals surface area (Å²) in [5, 5.41) is 17.8. The van der Waals surface area contributed by atoms with Gasteiger partial charge < -0.3 is 15.1 Å². The Hall–Kier alpha value is -1.33. The first-order valence-electron chi connectivity index (χ1n) is 4.40. The molecule has 2 aliphatic rings. The number of aliphatic carboxylic acids is 1. The number of nitrogens with one attached hydrogen (secondary N) is 1. The highest BCUT2D eigenvalue weighted by Crippen LogP contribution is 2.33. The molecule has 2 rings (SSSR count). The minimum atomic E-state index is -0.912. The summed E-state index contributed by atoms with van der Waals surface area (Å²) in [6.07, 6.45) is 4.19. The van der Waals surface area contributed by atoms with E-state index >= 15 is 0 Å². The lowest BCUT2D eigenvalue weighted by atomic mass is 9.89. The minimum Gasteiger partial charge on any atom is -0.492 e. The van der Waals surface area contributed by atoms with E-state index in [0.717, 1.165) is 0 Å². The van der Waals surface area contributed by atoms with Crippen molar-refractivity contribution < 1.29 is 19.8 Å². The monoisotopic (exact) mass is 197 g/mol. The molecule has 0 aromatic heterocycles. The normalized spacial score (nSPS) is 30.1. The van der Waals surface area contributed by atoms with Crippen LogP contribution in [0, 0.1) is 5.92 Å². The van der Waals surface area contributed by atoms with Gasteiger partial charge in [-0.15, -0.1) is 0 Å². The molecule has 0 radical (unpaired) electrons. The maximum Gasteiger partial charge on any atom is 0.314 e. The van der Waals surface area contributed by atoms with Gasteiger partial charge in [-0.3, -0.25) is 4.79 Å². The number of carbonyl (C=O) groups is 1. The number of hydroxylamine groups is 1. The number of hydrogen-bond acceptors (Lipinski definition) is 4. The molecule has 0 amide bonds. The van der Waals surface area contributed by atoms with Gasteiger partial charge >= 0.3 is 5.97 Å². The Kier molecular flexibility index (Phi) is 2.26. The van der Waals surface area contributed by atoms with E-state index in [1.54, 1.807) is 6.08 Å². The molecule has 76 valence electrons. The van der Waals surface area contributed by atoms with E-state index in [-0.39, 0.29) is 12.6 Å². The topological polar surface area (TPSA) is 78.8 Å². The maximum atomic E-state index is 10.9. The van der Waals surface area contributed by atoms with Gasteiger partial charge in [0.2, 0.25) is 0 Å². The van der Waals surface area contributed by atoms with E-state index < -0.39 is 11.9 Å². The zero-order valence-electron chi connectivity index (χ0n) is 7.43. The van der Waals surface area contributed by atoms with Crippen LogP contribution in [0.4, 0.5) is 0 Å². The van der Waals surface area contributed by atoms with Crippen LogP contribution in [0.25, 0.3) is 0 Å². The van der Waals surface area contributed by atoms with Crippen molar-refractivity contribution in [1.29, 1.82) is 0 Å². The molecule has 1 aliphatic heterocycles. The van der Waals surface area contributed by atoms with Gasteiger partial charge in [0.25, 0.3) is 0 Å². The quantitative estimate of drug-likeness (QED) is 0.554. The van der Waals surface area contributed by atoms with Crippen molar-refractivity contribution in [1.82, 2.24) is 5.48 Å². The Bertz CT molecular complexity index is 321. The number of rotatable bonds is 2. The standard InChI is InChI=1S/C9H11NO4/c11-9(12)5-4-14-7-3-1-2-6(10-13)8(5)7/h1,3,5-6,10,13H,2,4H2,(H,11,12). The van der Waals surface area contributed by atoms with Gasteiger partial charge in [0.15, 0.2) is 0 Å². The van der Waals surface area contributed by atoms with Crippen LogP contribution in [0.1, 0.15) is 6.42 Å². The van der Waals surface area contributed by atoms with Crippen molar-refractivity contribution >= 4 is 5.97 Å². The third-order valence-corrected chi connectivity index (χ3v) is 2.54. The number of ether oxygens (including phenoxy) is 1. The average molecular weight is 197 g/mol. The maximum absolute atomic E-state index is 10.9. The first-order chi connectivity index (χ1) is 6.74. The first-order valence-corrected chi connectivity index (χ1v) is 4.40. The molecule has 3 N–H and O–H groups in total. The molecule has 1 aliphatic carbocycles. The smallest absolute Gasteiger partial charge is 0.314 e. The van der Waals surface area contributed by atoms with E-state index in [1.807, 2.05) is 6.08 Å². The summed E-state index contributed by atoms with van der Waals surface area (Å²) in [5.41, 5.74) is 2.75. The van der Waals surface area contributed by atoms with Crippen LogP contribution in [0.5, 0.6) is 0 Å². The highest BCUT2D eigenvalue weighted by Gasteiger charge is 2.37. The second-order valence-electron chi connectivity index (χ2n) is 3.34. The van der Waals surface area contributed by atoms with Crippen LogP contribution < -0.4 is 5.48 Å². The fourth-order valence-corrected chi connectivity index (χ4v) is 1.84. The fourth-order valence-electron chi connectivity index (χ4n) is 1.84. The van der Waals surface area contributed by atoms with Crippen molar-refractivity contribution in [3.05, 3.63) is 23.5 Å². The van der Waals surface area contributed by atoms with Crippen molar-refractivity contribution in [2.24, 2.45) is 5.92 Å². The summed E-state index contributed by atoms with van der Waals surface area (Å²) in [6.45, 7) is 0.155. The number of allylic oxidation sites excluding steroid dienone is 1. The number of hydrogen-bond donors (Lipinski definition) is 3. The van der Waals surface area contributed by atoms with Gasteiger partial charge in [-0.05, 0) is 12.5 Å². The van der Waals surface area contributed by atoms with E-state index in [2.05, 4.69) is 5.48 Å². The Balaban J connectivity index is 2.32. The third kappa shape index (κ3) is 1.30. The molecule has 0 spiro atoms. The molecule has 0 aromatic carbocycles. The van der Waals surface area contributed by atoms with Crippen LogP contribution in [-0.4, -0.2) is 28.9 Å². The zero-order valence-corrected chi connectivity index (χ0v) is 7.43. The van der Waals surface area contributed by atoms with Gasteiger partial charge in [-0.25, -0.2) is 0 Å². The fraction of sp³-hybridized carbons (Fsp3) is 0.444. The molecule has 0 fully saturated rings. The van der Waals surface area contributed by atoms with Crippen molar-refractivity contribution in [2.45, 2.75) is 12.5 Å². The molecule has 0 aromatic rings. The molecular formula is C9H11NO4. The lowest BCUT2D eigenvalue weighted by Gasteiger charge is -2.20. The first kappa shape index (κ1) is 9.23. The molecule has 1 heterocycles. The predicted octanol–water partition coefficient (Wildman–Crippen LogP) is 0.279. The molecule has 5 heteroatoms. The second kappa shape index (κ2) is 3.43. The van der Waals surface area contributed by atoms with Gasteiger partial charge in [0.1, 0.15) is 18.3 Å². The van der Waals surface area contributed by atoms with E-state index in [0.29, 0.717) is 17.8 Å². The second-order valence-corrected chi connectivity index (χ2v) is 3.34. The summed E-state index contributed by atoms with van der Waals surface area (Å²) >= 11 is 0. The molecule has 2 atom stereocenters. The molecule has 5 nitrogen and oxygen atoms in total. The van der Waals surface area contributed by atoms with Gasteiger partial charge in [-0.2, -0.15) is 5.48 Å². The van der Waals surface area contributed by atoms with Crippen molar-refractivity contribution in [3.8, 4) is 0 Å².